The van der Waals surface area contributed by atoms with E-state index in [1.54, 1.807) is 24.3 Å². The number of benzene rings is 1. The van der Waals surface area contributed by atoms with E-state index in [2.05, 4.69) is 5.32 Å². The van der Waals surface area contributed by atoms with Gasteiger partial charge in [0.1, 0.15) is 10.8 Å². The predicted octanol–water partition coefficient (Wildman–Crippen LogP) is 2.61. The molecule has 21 heavy (non-hydrogen) atoms. The van der Waals surface area contributed by atoms with E-state index in [-0.39, 0.29) is 13.0 Å². The van der Waals surface area contributed by atoms with Crippen LogP contribution < -0.4 is 10.1 Å². The predicted molar refractivity (Wildman–Crippen MR) is 79.4 cm³/mol. The van der Waals surface area contributed by atoms with Crippen LogP contribution in [0.1, 0.15) is 12.8 Å². The van der Waals surface area contributed by atoms with E-state index in [1.165, 1.54) is 7.05 Å². The quantitative estimate of drug-likeness (QED) is 0.616. The molecule has 0 saturated heterocycles. The lowest BCUT2D eigenvalue weighted by Crippen LogP contribution is -2.32. The fourth-order valence-electron chi connectivity index (χ4n) is 1.59. The molecule has 0 aliphatic carbocycles. The number of halogens is 2. The average molecular weight is 329 g/mol. The minimum absolute atomic E-state index is 0.0732. The summed E-state index contributed by atoms with van der Waals surface area (Å²) >= 11 is 11.8. The van der Waals surface area contributed by atoms with E-state index in [1.807, 2.05) is 0 Å². The topological polar surface area (TPSA) is 79.2 Å². The Kier molecular flexibility index (Phi) is 7.00. The summed E-state index contributed by atoms with van der Waals surface area (Å²) in [6.07, 6.45) is 0.445. The van der Waals surface area contributed by atoms with Crippen molar-refractivity contribution in [3.05, 3.63) is 28.2 Å². The fourth-order valence-corrected chi connectivity index (χ4v) is 1.94. The second-order valence-electron chi connectivity index (χ2n) is 4.15. The van der Waals surface area contributed by atoms with Gasteiger partial charge in [0, 0.05) is 13.5 Å². The summed E-state index contributed by atoms with van der Waals surface area (Å²) in [5, 5.41) is 11.8. The highest BCUT2D eigenvalue weighted by Crippen LogP contribution is 2.31. The molecular weight excluding hydrogens is 315 g/mol. The molecule has 7 heteroatoms. The molecule has 0 aliphatic heterocycles. The summed E-state index contributed by atoms with van der Waals surface area (Å²) in [5.41, 5.74) is 0. The Morgan fingerprint density at radius 2 is 2.14 bits per heavy atom. The highest BCUT2D eigenvalue weighted by molar-refractivity contribution is 6.42. The van der Waals surface area contributed by atoms with Crippen molar-refractivity contribution in [2.75, 3.05) is 13.7 Å². The number of Topliss-reactive ketones (excluding diaryl/α,β-unsaturated/α-hetero) is 1. The summed E-state index contributed by atoms with van der Waals surface area (Å²) < 4.78 is 5.42. The Labute approximate surface area is 132 Å². The summed E-state index contributed by atoms with van der Waals surface area (Å²) in [6, 6.07) is 6.69. The first-order chi connectivity index (χ1) is 10.0. The number of hydrogen-bond donors (Lipinski definition) is 1. The lowest BCUT2D eigenvalue weighted by Gasteiger charge is -2.09. The van der Waals surface area contributed by atoms with E-state index < -0.39 is 17.6 Å². The fraction of sp³-hybridized carbons (Fsp3) is 0.357. The second-order valence-corrected chi connectivity index (χ2v) is 4.93. The molecule has 1 aromatic rings. The van der Waals surface area contributed by atoms with Crippen LogP contribution in [0.4, 0.5) is 0 Å². The number of hydrogen-bond acceptors (Lipinski definition) is 4. The third kappa shape index (κ3) is 4.92. The van der Waals surface area contributed by atoms with Gasteiger partial charge in [-0.3, -0.25) is 9.59 Å². The Morgan fingerprint density at radius 1 is 1.43 bits per heavy atom. The van der Waals surface area contributed by atoms with Crippen molar-refractivity contribution in [3.63, 3.8) is 0 Å². The number of amides is 1. The molecule has 0 spiro atoms. The van der Waals surface area contributed by atoms with Crippen LogP contribution >= 0.6 is 23.2 Å². The minimum Gasteiger partial charge on any atom is -0.492 e. The minimum atomic E-state index is -1.27. The van der Waals surface area contributed by atoms with Crippen LogP contribution in [0.15, 0.2) is 18.2 Å². The normalized spacial score (nSPS) is 11.3. The van der Waals surface area contributed by atoms with E-state index in [4.69, 9.17) is 33.2 Å². The van der Waals surface area contributed by atoms with Crippen LogP contribution in [0.25, 0.3) is 0 Å². The van der Waals surface area contributed by atoms with Crippen molar-refractivity contribution >= 4 is 34.9 Å². The maximum absolute atomic E-state index is 11.7. The number of carbonyl (C=O) groups excluding carboxylic acids is 2. The molecule has 1 N–H and O–H groups in total. The largest absolute Gasteiger partial charge is 0.492 e. The number of ether oxygens (including phenoxy) is 1. The van der Waals surface area contributed by atoms with Gasteiger partial charge >= 0.3 is 0 Å². The van der Waals surface area contributed by atoms with Crippen molar-refractivity contribution in [2.45, 2.75) is 12.8 Å². The second kappa shape index (κ2) is 8.50. The number of nitrogens with zero attached hydrogens (tertiary/aromatic N) is 1. The number of ketones is 1. The zero-order chi connectivity index (χ0) is 15.8. The molecule has 0 aromatic heterocycles. The Morgan fingerprint density at radius 3 is 2.76 bits per heavy atom. The number of nitriles is 1. The zero-order valence-corrected chi connectivity index (χ0v) is 12.9. The van der Waals surface area contributed by atoms with Crippen LogP contribution in [0, 0.1) is 17.2 Å². The maximum atomic E-state index is 11.7. The van der Waals surface area contributed by atoms with Crippen molar-refractivity contribution in [1.82, 2.24) is 5.32 Å². The third-order valence-corrected chi connectivity index (χ3v) is 3.50. The van der Waals surface area contributed by atoms with Crippen LogP contribution in [-0.2, 0) is 9.59 Å². The van der Waals surface area contributed by atoms with Gasteiger partial charge in [-0.2, -0.15) is 5.26 Å². The molecule has 1 aromatic carbocycles. The summed E-state index contributed by atoms with van der Waals surface area (Å²) in [4.78, 5) is 23.0. The Bertz CT molecular complexity index is 570. The van der Waals surface area contributed by atoms with Gasteiger partial charge in [0.25, 0.3) is 0 Å². The highest BCUT2D eigenvalue weighted by atomic mass is 35.5. The third-order valence-electron chi connectivity index (χ3n) is 2.70. The van der Waals surface area contributed by atoms with Gasteiger partial charge in [0.15, 0.2) is 11.7 Å². The van der Waals surface area contributed by atoms with Crippen molar-refractivity contribution in [2.24, 2.45) is 5.92 Å². The summed E-state index contributed by atoms with van der Waals surface area (Å²) in [7, 11) is 1.38. The summed E-state index contributed by atoms with van der Waals surface area (Å²) in [6.45, 7) is 0.234. The van der Waals surface area contributed by atoms with Crippen LogP contribution in [0.2, 0.25) is 10.0 Å². The number of carbonyl (C=O) groups is 2. The van der Waals surface area contributed by atoms with E-state index in [0.717, 1.165) is 0 Å². The molecular formula is C14H14Cl2N2O3. The van der Waals surface area contributed by atoms with Gasteiger partial charge in [0.2, 0.25) is 5.91 Å². The molecule has 1 rings (SSSR count). The first kappa shape index (κ1) is 17.3. The van der Waals surface area contributed by atoms with Gasteiger partial charge in [0.05, 0.1) is 17.7 Å². The molecule has 1 unspecified atom stereocenters. The van der Waals surface area contributed by atoms with Crippen molar-refractivity contribution in [1.29, 1.82) is 5.26 Å². The smallest absolute Gasteiger partial charge is 0.244 e. The molecule has 0 radical (unpaired) electrons. The molecule has 0 heterocycles. The van der Waals surface area contributed by atoms with Crippen molar-refractivity contribution in [3.8, 4) is 11.8 Å². The molecule has 0 saturated carbocycles. The number of rotatable bonds is 7. The lowest BCUT2D eigenvalue weighted by atomic mass is 10.0. The Balaban J connectivity index is 2.44. The number of nitrogens with one attached hydrogen (secondary N) is 1. The molecule has 1 amide bonds. The first-order valence-electron chi connectivity index (χ1n) is 6.22. The highest BCUT2D eigenvalue weighted by Gasteiger charge is 2.24. The van der Waals surface area contributed by atoms with Crippen LogP contribution in [-0.4, -0.2) is 25.3 Å². The molecule has 1 atom stereocenters. The molecule has 0 aliphatic rings. The SMILES string of the molecule is CNC(=O)C(C#N)C(=O)CCCOc1cccc(Cl)c1Cl. The molecule has 0 bridgehead atoms. The van der Waals surface area contributed by atoms with Gasteiger partial charge < -0.3 is 10.1 Å². The molecule has 112 valence electrons. The lowest BCUT2D eigenvalue weighted by molar-refractivity contribution is -0.131. The van der Waals surface area contributed by atoms with E-state index >= 15 is 0 Å². The maximum Gasteiger partial charge on any atom is 0.244 e. The van der Waals surface area contributed by atoms with Crippen molar-refractivity contribution < 1.29 is 14.3 Å². The summed E-state index contributed by atoms with van der Waals surface area (Å²) in [5.74, 6) is -1.87. The molecule has 5 nitrogen and oxygen atoms in total. The van der Waals surface area contributed by atoms with Crippen LogP contribution in [0.3, 0.4) is 0 Å². The average Bonchev–Trinajstić information content (AvgIpc) is 2.48. The van der Waals surface area contributed by atoms with Crippen LogP contribution in [0.5, 0.6) is 5.75 Å². The van der Waals surface area contributed by atoms with E-state index in [0.29, 0.717) is 22.2 Å². The van der Waals surface area contributed by atoms with Gasteiger partial charge in [-0.25, -0.2) is 0 Å². The van der Waals surface area contributed by atoms with Gasteiger partial charge in [-0.05, 0) is 18.6 Å². The standard InChI is InChI=1S/C14H14Cl2N2O3/c1-18-14(20)9(8-17)11(19)5-3-7-21-12-6-2-4-10(15)13(12)16/h2,4,6,9H,3,5,7H2,1H3,(H,18,20). The monoisotopic (exact) mass is 328 g/mol. The van der Waals surface area contributed by atoms with Gasteiger partial charge in [-0.1, -0.05) is 29.3 Å². The first-order valence-corrected chi connectivity index (χ1v) is 6.97. The van der Waals surface area contributed by atoms with E-state index in [9.17, 15) is 9.59 Å². The van der Waals surface area contributed by atoms with Gasteiger partial charge in [-0.15, -0.1) is 0 Å². The zero-order valence-electron chi connectivity index (χ0n) is 11.4. The molecule has 0 fully saturated rings. The Hall–Kier alpha value is -1.77.